The number of hydrogen-bond acceptors (Lipinski definition) is 5. The van der Waals surface area contributed by atoms with Gasteiger partial charge in [0.25, 0.3) is 5.91 Å². The lowest BCUT2D eigenvalue weighted by Gasteiger charge is -2.35. The van der Waals surface area contributed by atoms with Gasteiger partial charge in [-0.25, -0.2) is 0 Å². The summed E-state index contributed by atoms with van der Waals surface area (Å²) in [4.78, 5) is 14.9. The number of methoxy groups -OCH3 is 3. The summed E-state index contributed by atoms with van der Waals surface area (Å²) in [7, 11) is 4.69. The molecule has 1 aromatic carbocycles. The van der Waals surface area contributed by atoms with Gasteiger partial charge >= 0.3 is 0 Å². The predicted molar refractivity (Wildman–Crippen MR) is 93.8 cm³/mol. The molecule has 0 aliphatic carbocycles. The SMILES string of the molecule is COc1cc(OC)c(C(=O)N2CCC3NCCC3C2)cc1OC.Cl. The van der Waals surface area contributed by atoms with Crippen LogP contribution in [0.1, 0.15) is 23.2 Å². The molecular formula is C17H25ClN2O4. The number of rotatable bonds is 4. The third kappa shape index (κ3) is 3.39. The maximum absolute atomic E-state index is 13.0. The Balaban J connectivity index is 0.00000208. The molecule has 0 spiro atoms. The molecule has 0 radical (unpaired) electrons. The Morgan fingerprint density at radius 2 is 1.75 bits per heavy atom. The topological polar surface area (TPSA) is 60.0 Å². The standard InChI is InChI=1S/C17H24N2O4.ClH/c1-21-14-9-16(23-3)15(22-2)8-12(14)17(20)19-7-5-13-11(10-19)4-6-18-13;/h8-9,11,13,18H,4-7,10H2,1-3H3;1H. The van der Waals surface area contributed by atoms with E-state index < -0.39 is 0 Å². The Hall–Kier alpha value is -1.66. The van der Waals surface area contributed by atoms with Crippen LogP contribution in [0.15, 0.2) is 12.1 Å². The van der Waals surface area contributed by atoms with Crippen LogP contribution in [0.2, 0.25) is 0 Å². The molecule has 0 bridgehead atoms. The average Bonchev–Trinajstić information content (AvgIpc) is 3.07. The molecule has 6 nitrogen and oxygen atoms in total. The van der Waals surface area contributed by atoms with Crippen molar-refractivity contribution in [1.82, 2.24) is 10.2 Å². The molecule has 2 fully saturated rings. The Labute approximate surface area is 148 Å². The lowest BCUT2D eigenvalue weighted by atomic mass is 9.93. The van der Waals surface area contributed by atoms with Crippen LogP contribution >= 0.6 is 12.4 Å². The zero-order valence-electron chi connectivity index (χ0n) is 14.3. The Kier molecular flexibility index (Phi) is 6.18. The molecule has 2 aliphatic heterocycles. The second kappa shape index (κ2) is 7.94. The van der Waals surface area contributed by atoms with Crippen molar-refractivity contribution in [2.75, 3.05) is 41.0 Å². The van der Waals surface area contributed by atoms with Gasteiger partial charge in [0.15, 0.2) is 11.5 Å². The number of carbonyl (C=O) groups is 1. The summed E-state index contributed by atoms with van der Waals surface area (Å²) in [6.45, 7) is 2.62. The Morgan fingerprint density at radius 1 is 1.08 bits per heavy atom. The average molecular weight is 357 g/mol. The minimum Gasteiger partial charge on any atom is -0.496 e. The van der Waals surface area contributed by atoms with Crippen molar-refractivity contribution < 1.29 is 19.0 Å². The summed E-state index contributed by atoms with van der Waals surface area (Å²) < 4.78 is 16.0. The van der Waals surface area contributed by atoms with Crippen molar-refractivity contribution in [2.45, 2.75) is 18.9 Å². The van der Waals surface area contributed by atoms with Gasteiger partial charge < -0.3 is 24.4 Å². The molecule has 1 aromatic rings. The highest BCUT2D eigenvalue weighted by Gasteiger charge is 2.35. The maximum Gasteiger partial charge on any atom is 0.257 e. The molecule has 2 unspecified atom stereocenters. The number of hydrogen-bond donors (Lipinski definition) is 1. The second-order valence-electron chi connectivity index (χ2n) is 6.06. The highest BCUT2D eigenvalue weighted by Crippen LogP contribution is 2.36. The van der Waals surface area contributed by atoms with Gasteiger partial charge in [0, 0.05) is 31.3 Å². The number of amides is 1. The number of benzene rings is 1. The van der Waals surface area contributed by atoms with Gasteiger partial charge in [-0.2, -0.15) is 0 Å². The first-order chi connectivity index (χ1) is 11.2. The summed E-state index contributed by atoms with van der Waals surface area (Å²) in [6, 6.07) is 3.97. The predicted octanol–water partition coefficient (Wildman–Crippen LogP) is 1.96. The second-order valence-corrected chi connectivity index (χ2v) is 6.06. The van der Waals surface area contributed by atoms with E-state index in [0.29, 0.717) is 34.8 Å². The van der Waals surface area contributed by atoms with Gasteiger partial charge in [0.1, 0.15) is 5.75 Å². The van der Waals surface area contributed by atoms with E-state index in [1.807, 2.05) is 4.90 Å². The van der Waals surface area contributed by atoms with Gasteiger partial charge in [-0.05, 0) is 25.3 Å². The van der Waals surface area contributed by atoms with Crippen molar-refractivity contribution in [3.05, 3.63) is 17.7 Å². The van der Waals surface area contributed by atoms with Crippen molar-refractivity contribution in [3.63, 3.8) is 0 Å². The number of nitrogens with one attached hydrogen (secondary N) is 1. The third-order valence-corrected chi connectivity index (χ3v) is 4.88. The van der Waals surface area contributed by atoms with Gasteiger partial charge in [-0.3, -0.25) is 4.79 Å². The number of nitrogens with zero attached hydrogens (tertiary/aromatic N) is 1. The Morgan fingerprint density at radius 3 is 2.42 bits per heavy atom. The number of halogens is 1. The van der Waals surface area contributed by atoms with E-state index in [2.05, 4.69) is 5.32 Å². The van der Waals surface area contributed by atoms with Crippen LogP contribution in [-0.4, -0.2) is 57.8 Å². The summed E-state index contributed by atoms with van der Waals surface area (Å²) in [5.41, 5.74) is 0.523. The van der Waals surface area contributed by atoms with Crippen LogP contribution in [0.5, 0.6) is 17.2 Å². The largest absolute Gasteiger partial charge is 0.496 e. The number of ether oxygens (including phenoxy) is 3. The maximum atomic E-state index is 13.0. The molecule has 2 heterocycles. The van der Waals surface area contributed by atoms with Gasteiger partial charge in [-0.15, -0.1) is 12.4 Å². The normalized spacial score (nSPS) is 22.4. The zero-order chi connectivity index (χ0) is 16.4. The molecule has 0 aromatic heterocycles. The number of likely N-dealkylation sites (tertiary alicyclic amines) is 1. The smallest absolute Gasteiger partial charge is 0.257 e. The number of fused-ring (bicyclic) bond motifs is 1. The van der Waals surface area contributed by atoms with E-state index in [4.69, 9.17) is 14.2 Å². The summed E-state index contributed by atoms with van der Waals surface area (Å²) >= 11 is 0. The van der Waals surface area contributed by atoms with E-state index in [1.54, 1.807) is 33.5 Å². The van der Waals surface area contributed by atoms with Crippen LogP contribution in [0.3, 0.4) is 0 Å². The molecular weight excluding hydrogens is 332 g/mol. The van der Waals surface area contributed by atoms with Crippen LogP contribution in [0, 0.1) is 5.92 Å². The molecule has 134 valence electrons. The quantitative estimate of drug-likeness (QED) is 0.893. The van der Waals surface area contributed by atoms with E-state index in [9.17, 15) is 4.79 Å². The summed E-state index contributed by atoms with van der Waals surface area (Å²) in [5, 5.41) is 3.51. The fraction of sp³-hybridized carbons (Fsp3) is 0.588. The van der Waals surface area contributed by atoms with Gasteiger partial charge in [0.2, 0.25) is 0 Å². The first-order valence-electron chi connectivity index (χ1n) is 8.00. The van der Waals surface area contributed by atoms with Crippen molar-refractivity contribution in [2.24, 2.45) is 5.92 Å². The van der Waals surface area contributed by atoms with Crippen LogP contribution < -0.4 is 19.5 Å². The first kappa shape index (κ1) is 18.7. The van der Waals surface area contributed by atoms with Crippen molar-refractivity contribution in [3.8, 4) is 17.2 Å². The van der Waals surface area contributed by atoms with Crippen molar-refractivity contribution >= 4 is 18.3 Å². The number of carbonyl (C=O) groups excluding carboxylic acids is 1. The van der Waals surface area contributed by atoms with Gasteiger partial charge in [-0.1, -0.05) is 0 Å². The van der Waals surface area contributed by atoms with E-state index in [-0.39, 0.29) is 18.3 Å². The van der Waals surface area contributed by atoms with Crippen LogP contribution in [-0.2, 0) is 0 Å². The minimum absolute atomic E-state index is 0. The minimum atomic E-state index is -0.00634. The zero-order valence-corrected chi connectivity index (χ0v) is 15.1. The molecule has 1 N–H and O–H groups in total. The Bertz CT molecular complexity index is 596. The van der Waals surface area contributed by atoms with E-state index in [0.717, 1.165) is 32.5 Å². The number of piperidine rings is 1. The molecule has 2 atom stereocenters. The molecule has 3 rings (SSSR count). The fourth-order valence-corrected chi connectivity index (χ4v) is 3.60. The van der Waals surface area contributed by atoms with Crippen LogP contribution in [0.4, 0.5) is 0 Å². The lowest BCUT2D eigenvalue weighted by molar-refractivity contribution is 0.0658. The molecule has 24 heavy (non-hydrogen) atoms. The molecule has 2 saturated heterocycles. The monoisotopic (exact) mass is 356 g/mol. The van der Waals surface area contributed by atoms with Crippen molar-refractivity contribution in [1.29, 1.82) is 0 Å². The highest BCUT2D eigenvalue weighted by molar-refractivity contribution is 5.98. The van der Waals surface area contributed by atoms with E-state index >= 15 is 0 Å². The van der Waals surface area contributed by atoms with Crippen LogP contribution in [0.25, 0.3) is 0 Å². The highest BCUT2D eigenvalue weighted by atomic mass is 35.5. The fourth-order valence-electron chi connectivity index (χ4n) is 3.60. The molecule has 1 amide bonds. The van der Waals surface area contributed by atoms with Gasteiger partial charge in [0.05, 0.1) is 26.9 Å². The molecule has 7 heteroatoms. The third-order valence-electron chi connectivity index (χ3n) is 4.88. The summed E-state index contributed by atoms with van der Waals surface area (Å²) in [5.74, 6) is 2.15. The first-order valence-corrected chi connectivity index (χ1v) is 8.00. The summed E-state index contributed by atoms with van der Waals surface area (Å²) in [6.07, 6.45) is 2.14. The molecule has 0 saturated carbocycles. The lowest BCUT2D eigenvalue weighted by Crippen LogP contribution is -2.46. The molecule has 2 aliphatic rings. The van der Waals surface area contributed by atoms with E-state index in [1.165, 1.54) is 0 Å².